The Morgan fingerprint density at radius 3 is 2.50 bits per heavy atom. The number of hydrogen-bond acceptors (Lipinski definition) is 5. The summed E-state index contributed by atoms with van der Waals surface area (Å²) in [6.07, 6.45) is 1.99. The SMILES string of the molecule is CCN(/C=C(/C#N)C(=O)Nc1ccc(C(C)C)cc1)C1CCS(=O)(=O)C1. The molecule has 1 N–H and O–H groups in total. The van der Waals surface area contributed by atoms with Gasteiger partial charge in [0, 0.05) is 24.5 Å². The van der Waals surface area contributed by atoms with Crippen molar-refractivity contribution in [1.29, 1.82) is 5.26 Å². The summed E-state index contributed by atoms with van der Waals surface area (Å²) >= 11 is 0. The predicted octanol–water partition coefficient (Wildman–Crippen LogP) is 2.66. The molecule has 1 unspecified atom stereocenters. The van der Waals surface area contributed by atoms with Crippen LogP contribution in [-0.2, 0) is 14.6 Å². The summed E-state index contributed by atoms with van der Waals surface area (Å²) < 4.78 is 23.4. The standard InChI is InChI=1S/C19H25N3O3S/c1-4-22(18-9-10-26(24,25)13-18)12-16(11-20)19(23)21-17-7-5-15(6-8-17)14(2)3/h5-8,12,14,18H,4,9-10,13H2,1-3H3,(H,21,23)/b16-12-. The first-order valence-corrected chi connectivity index (χ1v) is 10.6. The van der Waals surface area contributed by atoms with E-state index >= 15 is 0 Å². The highest BCUT2D eigenvalue weighted by Gasteiger charge is 2.31. The first-order valence-electron chi connectivity index (χ1n) is 8.75. The van der Waals surface area contributed by atoms with Gasteiger partial charge in [-0.2, -0.15) is 5.26 Å². The van der Waals surface area contributed by atoms with Gasteiger partial charge in [-0.25, -0.2) is 8.42 Å². The summed E-state index contributed by atoms with van der Waals surface area (Å²) in [5, 5.41) is 12.1. The Balaban J connectivity index is 2.11. The van der Waals surface area contributed by atoms with Crippen LogP contribution >= 0.6 is 0 Å². The fraction of sp³-hybridized carbons (Fsp3) is 0.474. The number of benzene rings is 1. The van der Waals surface area contributed by atoms with Crippen LogP contribution in [0.4, 0.5) is 5.69 Å². The molecule has 140 valence electrons. The fourth-order valence-electron chi connectivity index (χ4n) is 2.95. The normalized spacial score (nSPS) is 19.2. The molecule has 7 heteroatoms. The number of rotatable bonds is 6. The second-order valence-corrected chi connectivity index (χ2v) is 9.00. The van der Waals surface area contributed by atoms with Crippen LogP contribution in [-0.4, -0.2) is 43.3 Å². The Hall–Kier alpha value is -2.33. The molecule has 1 fully saturated rings. The maximum absolute atomic E-state index is 12.4. The van der Waals surface area contributed by atoms with E-state index in [0.717, 1.165) is 0 Å². The number of anilines is 1. The van der Waals surface area contributed by atoms with Gasteiger partial charge in [0.15, 0.2) is 9.84 Å². The highest BCUT2D eigenvalue weighted by molar-refractivity contribution is 7.91. The van der Waals surface area contributed by atoms with Gasteiger partial charge in [0.2, 0.25) is 0 Å². The molecule has 1 atom stereocenters. The lowest BCUT2D eigenvalue weighted by Gasteiger charge is -2.25. The largest absolute Gasteiger partial charge is 0.372 e. The minimum atomic E-state index is -3.03. The monoisotopic (exact) mass is 375 g/mol. The first-order chi connectivity index (χ1) is 12.3. The Morgan fingerprint density at radius 1 is 1.38 bits per heavy atom. The van der Waals surface area contributed by atoms with E-state index in [1.165, 1.54) is 11.8 Å². The van der Waals surface area contributed by atoms with Crippen LogP contribution in [0, 0.1) is 11.3 Å². The molecular formula is C19H25N3O3S. The lowest BCUT2D eigenvalue weighted by molar-refractivity contribution is -0.112. The van der Waals surface area contributed by atoms with E-state index in [1.807, 2.05) is 37.3 Å². The van der Waals surface area contributed by atoms with E-state index < -0.39 is 15.7 Å². The van der Waals surface area contributed by atoms with E-state index in [2.05, 4.69) is 19.2 Å². The maximum Gasteiger partial charge on any atom is 0.267 e. The molecule has 0 spiro atoms. The number of carbonyl (C=O) groups is 1. The third-order valence-electron chi connectivity index (χ3n) is 4.54. The topological polar surface area (TPSA) is 90.3 Å². The number of amides is 1. The van der Waals surface area contributed by atoms with E-state index in [9.17, 15) is 18.5 Å². The lowest BCUT2D eigenvalue weighted by atomic mass is 10.0. The molecule has 1 aliphatic heterocycles. The van der Waals surface area contributed by atoms with Crippen molar-refractivity contribution in [3.05, 3.63) is 41.6 Å². The van der Waals surface area contributed by atoms with Gasteiger partial charge in [0.1, 0.15) is 11.6 Å². The summed E-state index contributed by atoms with van der Waals surface area (Å²) in [7, 11) is -3.03. The highest BCUT2D eigenvalue weighted by Crippen LogP contribution is 2.20. The van der Waals surface area contributed by atoms with Crippen molar-refractivity contribution in [2.75, 3.05) is 23.4 Å². The molecule has 2 rings (SSSR count). The average Bonchev–Trinajstić information content (AvgIpc) is 2.96. The van der Waals surface area contributed by atoms with E-state index in [4.69, 9.17) is 0 Å². The summed E-state index contributed by atoms with van der Waals surface area (Å²) in [4.78, 5) is 14.2. The summed E-state index contributed by atoms with van der Waals surface area (Å²) in [6.45, 7) is 6.58. The quantitative estimate of drug-likeness (QED) is 0.610. The van der Waals surface area contributed by atoms with Gasteiger partial charge in [-0.1, -0.05) is 26.0 Å². The van der Waals surface area contributed by atoms with Crippen molar-refractivity contribution >= 4 is 21.4 Å². The number of hydrogen-bond donors (Lipinski definition) is 1. The molecule has 0 aliphatic carbocycles. The number of carbonyl (C=O) groups excluding carboxylic acids is 1. The van der Waals surface area contributed by atoms with E-state index in [0.29, 0.717) is 24.6 Å². The predicted molar refractivity (Wildman–Crippen MR) is 102 cm³/mol. The van der Waals surface area contributed by atoms with Crippen molar-refractivity contribution in [1.82, 2.24) is 4.90 Å². The molecule has 0 radical (unpaired) electrons. The first kappa shape index (κ1) is 20.0. The van der Waals surface area contributed by atoms with Crippen molar-refractivity contribution in [3.63, 3.8) is 0 Å². The zero-order valence-electron chi connectivity index (χ0n) is 15.4. The molecular weight excluding hydrogens is 350 g/mol. The number of nitriles is 1. The molecule has 0 bridgehead atoms. The highest BCUT2D eigenvalue weighted by atomic mass is 32.2. The molecule has 1 amide bonds. The van der Waals surface area contributed by atoms with Gasteiger partial charge in [0.25, 0.3) is 5.91 Å². The molecule has 6 nitrogen and oxygen atoms in total. The summed E-state index contributed by atoms with van der Waals surface area (Å²) in [6, 6.07) is 9.23. The van der Waals surface area contributed by atoms with Crippen molar-refractivity contribution in [2.24, 2.45) is 0 Å². The smallest absolute Gasteiger partial charge is 0.267 e. The molecule has 0 aromatic heterocycles. The van der Waals surface area contributed by atoms with Gasteiger partial charge in [-0.05, 0) is 37.0 Å². The second-order valence-electron chi connectivity index (χ2n) is 6.77. The molecule has 1 saturated heterocycles. The average molecular weight is 375 g/mol. The van der Waals surface area contributed by atoms with Crippen molar-refractivity contribution in [3.8, 4) is 6.07 Å². The van der Waals surface area contributed by atoms with E-state index in [1.54, 1.807) is 4.90 Å². The fourth-order valence-corrected chi connectivity index (χ4v) is 4.69. The second kappa shape index (κ2) is 8.37. The number of nitrogens with one attached hydrogen (secondary N) is 1. The van der Waals surface area contributed by atoms with Crippen LogP contribution in [0.5, 0.6) is 0 Å². The van der Waals surface area contributed by atoms with Crippen LogP contribution in [0.3, 0.4) is 0 Å². The van der Waals surface area contributed by atoms with Crippen molar-refractivity contribution in [2.45, 2.75) is 39.2 Å². The molecule has 26 heavy (non-hydrogen) atoms. The summed E-state index contributed by atoms with van der Waals surface area (Å²) in [5.74, 6) is 0.117. The Kier molecular flexibility index (Phi) is 6.43. The van der Waals surface area contributed by atoms with Gasteiger partial charge < -0.3 is 10.2 Å². The number of sulfone groups is 1. The Bertz CT molecular complexity index is 821. The van der Waals surface area contributed by atoms with Crippen LogP contribution in [0.25, 0.3) is 0 Å². The van der Waals surface area contributed by atoms with Crippen LogP contribution < -0.4 is 5.32 Å². The lowest BCUT2D eigenvalue weighted by Crippen LogP contribution is -2.32. The molecule has 1 aromatic carbocycles. The molecule has 0 saturated carbocycles. The Labute approximate surface area is 155 Å². The third kappa shape index (κ3) is 5.09. The minimum Gasteiger partial charge on any atom is -0.372 e. The summed E-state index contributed by atoms with van der Waals surface area (Å²) in [5.41, 5.74) is 1.75. The van der Waals surface area contributed by atoms with Gasteiger partial charge >= 0.3 is 0 Å². The van der Waals surface area contributed by atoms with Gasteiger partial charge in [-0.15, -0.1) is 0 Å². The van der Waals surface area contributed by atoms with Gasteiger partial charge in [0.05, 0.1) is 11.5 Å². The minimum absolute atomic E-state index is 0.0379. The van der Waals surface area contributed by atoms with Crippen LogP contribution in [0.15, 0.2) is 36.0 Å². The van der Waals surface area contributed by atoms with E-state index in [-0.39, 0.29) is 23.1 Å². The zero-order valence-corrected chi connectivity index (χ0v) is 16.2. The Morgan fingerprint density at radius 2 is 2.04 bits per heavy atom. The molecule has 1 heterocycles. The zero-order chi connectivity index (χ0) is 19.3. The van der Waals surface area contributed by atoms with Crippen molar-refractivity contribution < 1.29 is 13.2 Å². The van der Waals surface area contributed by atoms with Gasteiger partial charge in [-0.3, -0.25) is 4.79 Å². The third-order valence-corrected chi connectivity index (χ3v) is 6.29. The maximum atomic E-state index is 12.4. The molecule has 1 aliphatic rings. The van der Waals surface area contributed by atoms with Crippen LogP contribution in [0.2, 0.25) is 0 Å². The molecule has 1 aromatic rings. The number of nitrogens with zero attached hydrogens (tertiary/aromatic N) is 2. The van der Waals surface area contributed by atoms with Crippen LogP contribution in [0.1, 0.15) is 38.7 Å².